The molecule has 0 bridgehead atoms. The normalized spacial score (nSPS) is 11.3. The van der Waals surface area contributed by atoms with Crippen LogP contribution in [0.2, 0.25) is 15.1 Å². The van der Waals surface area contributed by atoms with Gasteiger partial charge in [-0.15, -0.1) is 0 Å². The number of ether oxygens (including phenoxy) is 3. The molecular formula is C16H15Cl3O5. The van der Waals surface area contributed by atoms with Crippen LogP contribution in [0.15, 0.2) is 36.9 Å². The molecule has 1 rings (SSSR count). The van der Waals surface area contributed by atoms with Crippen LogP contribution >= 0.6 is 34.8 Å². The van der Waals surface area contributed by atoms with Crippen molar-refractivity contribution in [2.75, 3.05) is 13.2 Å². The summed E-state index contributed by atoms with van der Waals surface area (Å²) in [7, 11) is 0. The van der Waals surface area contributed by atoms with Gasteiger partial charge < -0.3 is 14.2 Å². The number of carbonyl (C=O) groups excluding carboxylic acids is 2. The lowest BCUT2D eigenvalue weighted by atomic mass is 10.3. The van der Waals surface area contributed by atoms with Crippen molar-refractivity contribution in [3.05, 3.63) is 52.0 Å². The SMILES string of the molecule is C=CC(=O)OCC(COc1c(Cl)cc(Cl)cc1Cl)OC(=O)C(=C)C. The van der Waals surface area contributed by atoms with E-state index in [1.165, 1.54) is 19.1 Å². The van der Waals surface area contributed by atoms with Gasteiger partial charge in [-0.3, -0.25) is 0 Å². The highest BCUT2D eigenvalue weighted by Gasteiger charge is 2.19. The first-order chi connectivity index (χ1) is 11.2. The Labute approximate surface area is 154 Å². The van der Waals surface area contributed by atoms with Crippen molar-refractivity contribution in [2.24, 2.45) is 0 Å². The van der Waals surface area contributed by atoms with Crippen molar-refractivity contribution in [1.82, 2.24) is 0 Å². The standard InChI is InChI=1S/C16H15Cl3O5/c1-4-14(20)22-7-11(24-16(21)9(2)3)8-23-15-12(18)5-10(17)6-13(15)19/h4-6,11H,1-2,7-8H2,3H3. The van der Waals surface area contributed by atoms with Gasteiger partial charge in [-0.05, 0) is 19.1 Å². The Kier molecular flexibility index (Phi) is 8.11. The molecule has 24 heavy (non-hydrogen) atoms. The van der Waals surface area contributed by atoms with E-state index in [4.69, 9.17) is 49.0 Å². The minimum Gasteiger partial charge on any atom is -0.486 e. The second-order valence-corrected chi connectivity index (χ2v) is 5.90. The first kappa shape index (κ1) is 20.4. The van der Waals surface area contributed by atoms with Crippen LogP contribution in [0.5, 0.6) is 5.75 Å². The maximum Gasteiger partial charge on any atom is 0.333 e. The number of esters is 2. The van der Waals surface area contributed by atoms with Crippen molar-refractivity contribution in [1.29, 1.82) is 0 Å². The molecule has 0 aromatic heterocycles. The van der Waals surface area contributed by atoms with Crippen LogP contribution in [0.25, 0.3) is 0 Å². The molecule has 0 aliphatic heterocycles. The molecule has 0 fully saturated rings. The second kappa shape index (κ2) is 9.57. The van der Waals surface area contributed by atoms with E-state index in [1.54, 1.807) is 0 Å². The molecule has 0 saturated carbocycles. The van der Waals surface area contributed by atoms with Crippen LogP contribution in [-0.2, 0) is 19.1 Å². The fraction of sp³-hybridized carbons (Fsp3) is 0.250. The third kappa shape index (κ3) is 6.43. The molecule has 130 valence electrons. The van der Waals surface area contributed by atoms with E-state index < -0.39 is 18.0 Å². The van der Waals surface area contributed by atoms with Crippen LogP contribution < -0.4 is 4.74 Å². The summed E-state index contributed by atoms with van der Waals surface area (Å²) >= 11 is 17.8. The predicted molar refractivity (Wildman–Crippen MR) is 92.8 cm³/mol. The Balaban J connectivity index is 2.80. The molecule has 0 amide bonds. The summed E-state index contributed by atoms with van der Waals surface area (Å²) in [5.41, 5.74) is 0.192. The zero-order chi connectivity index (χ0) is 18.3. The third-order valence-electron chi connectivity index (χ3n) is 2.58. The molecule has 1 unspecified atom stereocenters. The van der Waals surface area contributed by atoms with E-state index in [1.807, 2.05) is 0 Å². The van der Waals surface area contributed by atoms with E-state index in [2.05, 4.69) is 13.2 Å². The van der Waals surface area contributed by atoms with E-state index >= 15 is 0 Å². The summed E-state index contributed by atoms with van der Waals surface area (Å²) in [6.45, 7) is 7.87. The van der Waals surface area contributed by atoms with Gasteiger partial charge in [0, 0.05) is 16.7 Å². The minimum absolute atomic E-state index is 0.148. The highest BCUT2D eigenvalue weighted by Crippen LogP contribution is 2.35. The zero-order valence-electron chi connectivity index (χ0n) is 12.8. The minimum atomic E-state index is -0.888. The largest absolute Gasteiger partial charge is 0.486 e. The van der Waals surface area contributed by atoms with Crippen LogP contribution in [0.4, 0.5) is 0 Å². The number of halogens is 3. The molecule has 0 aliphatic rings. The number of hydrogen-bond donors (Lipinski definition) is 0. The molecule has 8 heteroatoms. The van der Waals surface area contributed by atoms with Crippen molar-refractivity contribution >= 4 is 46.7 Å². The van der Waals surface area contributed by atoms with Gasteiger partial charge in [0.15, 0.2) is 11.9 Å². The van der Waals surface area contributed by atoms with Gasteiger partial charge in [-0.2, -0.15) is 0 Å². The number of benzene rings is 1. The summed E-state index contributed by atoms with van der Waals surface area (Å²) in [6.07, 6.45) is 0.103. The van der Waals surface area contributed by atoms with Gasteiger partial charge >= 0.3 is 11.9 Å². The second-order valence-electron chi connectivity index (χ2n) is 4.65. The summed E-state index contributed by atoms with van der Waals surface area (Å²) in [5, 5.41) is 0.739. The summed E-state index contributed by atoms with van der Waals surface area (Å²) in [6, 6.07) is 2.91. The Morgan fingerprint density at radius 2 is 1.79 bits per heavy atom. The first-order valence-electron chi connectivity index (χ1n) is 6.67. The molecule has 0 heterocycles. The number of carbonyl (C=O) groups is 2. The fourth-order valence-electron chi connectivity index (χ4n) is 1.45. The summed E-state index contributed by atoms with van der Waals surface area (Å²) in [5.74, 6) is -1.13. The van der Waals surface area contributed by atoms with Gasteiger partial charge in [0.1, 0.15) is 13.2 Å². The number of rotatable bonds is 8. The van der Waals surface area contributed by atoms with Crippen LogP contribution in [0.3, 0.4) is 0 Å². The quantitative estimate of drug-likeness (QED) is 0.488. The monoisotopic (exact) mass is 392 g/mol. The molecular weight excluding hydrogens is 379 g/mol. The van der Waals surface area contributed by atoms with Gasteiger partial charge in [0.2, 0.25) is 0 Å². The topological polar surface area (TPSA) is 61.8 Å². The lowest BCUT2D eigenvalue weighted by Gasteiger charge is -2.19. The van der Waals surface area contributed by atoms with Gasteiger partial charge in [0.05, 0.1) is 10.0 Å². The van der Waals surface area contributed by atoms with E-state index in [0.29, 0.717) is 5.02 Å². The van der Waals surface area contributed by atoms with Crippen molar-refractivity contribution in [2.45, 2.75) is 13.0 Å². The molecule has 1 aromatic carbocycles. The van der Waals surface area contributed by atoms with Crippen molar-refractivity contribution in [3.63, 3.8) is 0 Å². The first-order valence-corrected chi connectivity index (χ1v) is 7.81. The fourth-order valence-corrected chi connectivity index (χ4v) is 2.37. The highest BCUT2D eigenvalue weighted by atomic mass is 35.5. The van der Waals surface area contributed by atoms with Crippen molar-refractivity contribution in [3.8, 4) is 5.75 Å². The lowest BCUT2D eigenvalue weighted by Crippen LogP contribution is -2.31. The van der Waals surface area contributed by atoms with Crippen LogP contribution in [-0.4, -0.2) is 31.3 Å². The molecule has 1 aromatic rings. The Hall–Kier alpha value is -1.69. The average molecular weight is 394 g/mol. The van der Waals surface area contributed by atoms with Gasteiger partial charge in [-0.25, -0.2) is 9.59 Å². The smallest absolute Gasteiger partial charge is 0.333 e. The molecule has 0 spiro atoms. The lowest BCUT2D eigenvalue weighted by molar-refractivity contribution is -0.155. The molecule has 0 N–H and O–H groups in total. The summed E-state index contributed by atoms with van der Waals surface area (Å²) in [4.78, 5) is 22.8. The summed E-state index contributed by atoms with van der Waals surface area (Å²) < 4.78 is 15.5. The van der Waals surface area contributed by atoms with Crippen LogP contribution in [0, 0.1) is 0 Å². The highest BCUT2D eigenvalue weighted by molar-refractivity contribution is 6.40. The number of hydrogen-bond acceptors (Lipinski definition) is 5. The maximum atomic E-state index is 11.6. The van der Waals surface area contributed by atoms with Gasteiger partial charge in [0.25, 0.3) is 0 Å². The third-order valence-corrected chi connectivity index (χ3v) is 3.36. The Bertz CT molecular complexity index is 634. The average Bonchev–Trinajstić information content (AvgIpc) is 2.50. The Morgan fingerprint density at radius 1 is 1.21 bits per heavy atom. The maximum absolute atomic E-state index is 11.6. The predicted octanol–water partition coefficient (Wildman–Crippen LogP) is 4.24. The zero-order valence-corrected chi connectivity index (χ0v) is 15.1. The van der Waals surface area contributed by atoms with E-state index in [-0.39, 0.29) is 34.6 Å². The van der Waals surface area contributed by atoms with Crippen LogP contribution in [0.1, 0.15) is 6.92 Å². The molecule has 1 atom stereocenters. The van der Waals surface area contributed by atoms with Crippen molar-refractivity contribution < 1.29 is 23.8 Å². The molecule has 5 nitrogen and oxygen atoms in total. The van der Waals surface area contributed by atoms with E-state index in [9.17, 15) is 9.59 Å². The molecule has 0 saturated heterocycles. The molecule has 0 aliphatic carbocycles. The Morgan fingerprint density at radius 3 is 2.29 bits per heavy atom. The van der Waals surface area contributed by atoms with E-state index in [0.717, 1.165) is 6.08 Å². The van der Waals surface area contributed by atoms with Gasteiger partial charge in [-0.1, -0.05) is 48.0 Å². The molecule has 0 radical (unpaired) electrons.